The Kier molecular flexibility index (Phi) is 5.36. The van der Waals surface area contributed by atoms with Gasteiger partial charge in [0.2, 0.25) is 0 Å². The SMILES string of the molecule is CC1CN(C(=O)NC(CCO)C(=O)O)C(C)CO1. The fourth-order valence-electron chi connectivity index (χ4n) is 1.80. The minimum Gasteiger partial charge on any atom is -0.480 e. The number of amides is 2. The molecule has 0 aliphatic carbocycles. The second-order valence-corrected chi connectivity index (χ2v) is 4.50. The Morgan fingerprint density at radius 3 is 2.72 bits per heavy atom. The first kappa shape index (κ1) is 14.7. The van der Waals surface area contributed by atoms with Gasteiger partial charge in [0.15, 0.2) is 0 Å². The number of carboxylic acids is 1. The number of ether oxygens (including phenoxy) is 1. The molecular formula is C11H20N2O5. The summed E-state index contributed by atoms with van der Waals surface area (Å²) in [6.45, 7) is 4.28. The van der Waals surface area contributed by atoms with Crippen LogP contribution in [0.15, 0.2) is 0 Å². The van der Waals surface area contributed by atoms with Gasteiger partial charge in [0.05, 0.1) is 18.8 Å². The number of hydrogen-bond acceptors (Lipinski definition) is 4. The van der Waals surface area contributed by atoms with E-state index in [2.05, 4.69) is 5.32 Å². The van der Waals surface area contributed by atoms with E-state index in [1.165, 1.54) is 0 Å². The second-order valence-electron chi connectivity index (χ2n) is 4.50. The number of urea groups is 1. The average molecular weight is 260 g/mol. The topological polar surface area (TPSA) is 99.1 Å². The third-order valence-corrected chi connectivity index (χ3v) is 2.88. The van der Waals surface area contributed by atoms with Gasteiger partial charge < -0.3 is 25.2 Å². The first-order valence-electron chi connectivity index (χ1n) is 5.98. The van der Waals surface area contributed by atoms with Gasteiger partial charge in [-0.15, -0.1) is 0 Å². The van der Waals surface area contributed by atoms with E-state index in [1.807, 2.05) is 13.8 Å². The quantitative estimate of drug-likeness (QED) is 0.641. The summed E-state index contributed by atoms with van der Waals surface area (Å²) < 4.78 is 5.39. The maximum absolute atomic E-state index is 12.0. The van der Waals surface area contributed by atoms with Crippen molar-refractivity contribution in [1.82, 2.24) is 10.2 Å². The van der Waals surface area contributed by atoms with Crippen LogP contribution < -0.4 is 5.32 Å². The van der Waals surface area contributed by atoms with Crippen LogP contribution in [0, 0.1) is 0 Å². The molecule has 2 amide bonds. The van der Waals surface area contributed by atoms with E-state index in [1.54, 1.807) is 4.90 Å². The fourth-order valence-corrected chi connectivity index (χ4v) is 1.80. The number of aliphatic hydroxyl groups excluding tert-OH is 1. The summed E-state index contributed by atoms with van der Waals surface area (Å²) in [6.07, 6.45) is -0.0666. The molecule has 3 N–H and O–H groups in total. The Morgan fingerprint density at radius 2 is 2.17 bits per heavy atom. The third kappa shape index (κ3) is 3.85. The molecule has 3 atom stereocenters. The third-order valence-electron chi connectivity index (χ3n) is 2.88. The van der Waals surface area contributed by atoms with Crippen LogP contribution in [0.4, 0.5) is 4.79 Å². The zero-order valence-corrected chi connectivity index (χ0v) is 10.6. The Bertz CT molecular complexity index is 310. The molecule has 18 heavy (non-hydrogen) atoms. The maximum atomic E-state index is 12.0. The molecule has 1 heterocycles. The summed E-state index contributed by atoms with van der Waals surface area (Å²) in [5.41, 5.74) is 0. The van der Waals surface area contributed by atoms with Crippen LogP contribution in [0.1, 0.15) is 20.3 Å². The van der Waals surface area contributed by atoms with Crippen LogP contribution in [-0.2, 0) is 9.53 Å². The number of nitrogens with zero attached hydrogens (tertiary/aromatic N) is 1. The van der Waals surface area contributed by atoms with Gasteiger partial charge in [-0.05, 0) is 13.8 Å². The van der Waals surface area contributed by atoms with E-state index < -0.39 is 18.0 Å². The molecule has 0 spiro atoms. The summed E-state index contributed by atoms with van der Waals surface area (Å²) in [5.74, 6) is -1.15. The van der Waals surface area contributed by atoms with Gasteiger partial charge in [0.25, 0.3) is 0 Å². The van der Waals surface area contributed by atoms with E-state index in [4.69, 9.17) is 14.9 Å². The Hall–Kier alpha value is -1.34. The van der Waals surface area contributed by atoms with E-state index in [0.717, 1.165) is 0 Å². The zero-order chi connectivity index (χ0) is 13.7. The maximum Gasteiger partial charge on any atom is 0.326 e. The monoisotopic (exact) mass is 260 g/mol. The molecule has 0 aromatic heterocycles. The van der Waals surface area contributed by atoms with Crippen molar-refractivity contribution in [3.8, 4) is 0 Å². The van der Waals surface area contributed by atoms with Crippen molar-refractivity contribution in [2.45, 2.75) is 38.5 Å². The van der Waals surface area contributed by atoms with Gasteiger partial charge in [-0.2, -0.15) is 0 Å². The van der Waals surface area contributed by atoms with E-state index in [0.29, 0.717) is 13.2 Å². The zero-order valence-electron chi connectivity index (χ0n) is 10.6. The smallest absolute Gasteiger partial charge is 0.326 e. The van der Waals surface area contributed by atoms with E-state index in [9.17, 15) is 9.59 Å². The van der Waals surface area contributed by atoms with Crippen LogP contribution >= 0.6 is 0 Å². The van der Waals surface area contributed by atoms with Crippen LogP contribution in [0.25, 0.3) is 0 Å². The fraction of sp³-hybridized carbons (Fsp3) is 0.818. The normalized spacial score (nSPS) is 25.6. The number of carbonyl (C=O) groups excluding carboxylic acids is 1. The number of morpholine rings is 1. The van der Waals surface area contributed by atoms with Gasteiger partial charge in [0.1, 0.15) is 6.04 Å². The molecule has 0 aromatic carbocycles. The molecule has 0 aromatic rings. The summed E-state index contributed by atoms with van der Waals surface area (Å²) in [6, 6.07) is -1.59. The van der Waals surface area contributed by atoms with Crippen molar-refractivity contribution in [1.29, 1.82) is 0 Å². The van der Waals surface area contributed by atoms with Gasteiger partial charge in [0, 0.05) is 19.6 Å². The molecule has 1 fully saturated rings. The Labute approximate surface area is 106 Å². The first-order chi connectivity index (χ1) is 8.45. The van der Waals surface area contributed by atoms with Crippen molar-refractivity contribution < 1.29 is 24.5 Å². The van der Waals surface area contributed by atoms with E-state index >= 15 is 0 Å². The second kappa shape index (κ2) is 6.55. The van der Waals surface area contributed by atoms with Crippen molar-refractivity contribution in [2.24, 2.45) is 0 Å². The highest BCUT2D eigenvalue weighted by atomic mass is 16.5. The number of rotatable bonds is 4. The molecule has 0 radical (unpaired) electrons. The number of hydrogen-bond donors (Lipinski definition) is 3. The van der Waals surface area contributed by atoms with Gasteiger partial charge in [-0.25, -0.2) is 9.59 Å². The van der Waals surface area contributed by atoms with Gasteiger partial charge in [-0.3, -0.25) is 0 Å². The summed E-state index contributed by atoms with van der Waals surface area (Å²) >= 11 is 0. The number of aliphatic carboxylic acids is 1. The van der Waals surface area contributed by atoms with Crippen LogP contribution in [-0.4, -0.2) is 65.1 Å². The lowest BCUT2D eigenvalue weighted by Crippen LogP contribution is -2.56. The molecule has 0 saturated carbocycles. The standard InChI is InChI=1S/C11H20N2O5/c1-7-6-18-8(2)5-13(7)11(17)12-9(3-4-14)10(15)16/h7-9,14H,3-6H2,1-2H3,(H,12,17)(H,15,16). The van der Waals surface area contributed by atoms with Crippen molar-refractivity contribution in [3.63, 3.8) is 0 Å². The number of nitrogens with one attached hydrogen (secondary N) is 1. The first-order valence-corrected chi connectivity index (χ1v) is 5.98. The summed E-state index contributed by atoms with van der Waals surface area (Å²) in [5, 5.41) is 20.1. The molecule has 1 rings (SSSR count). The lowest BCUT2D eigenvalue weighted by atomic mass is 10.2. The highest BCUT2D eigenvalue weighted by molar-refractivity contribution is 5.82. The van der Waals surface area contributed by atoms with E-state index in [-0.39, 0.29) is 25.2 Å². The predicted octanol–water partition coefficient (Wildman–Crippen LogP) is -0.359. The van der Waals surface area contributed by atoms with Gasteiger partial charge >= 0.3 is 12.0 Å². The number of carboxylic acid groups (broad SMARTS) is 1. The van der Waals surface area contributed by atoms with Crippen LogP contribution in [0.5, 0.6) is 0 Å². The Balaban J connectivity index is 2.59. The molecule has 7 nitrogen and oxygen atoms in total. The summed E-state index contributed by atoms with van der Waals surface area (Å²) in [4.78, 5) is 24.4. The molecule has 1 aliphatic rings. The molecule has 0 bridgehead atoms. The van der Waals surface area contributed by atoms with Crippen molar-refractivity contribution in [2.75, 3.05) is 19.8 Å². The Morgan fingerprint density at radius 1 is 1.50 bits per heavy atom. The molecule has 1 saturated heterocycles. The van der Waals surface area contributed by atoms with Crippen LogP contribution in [0.3, 0.4) is 0 Å². The summed E-state index contributed by atoms with van der Waals surface area (Å²) in [7, 11) is 0. The minimum absolute atomic E-state index is 0.00462. The molecule has 1 aliphatic heterocycles. The molecular weight excluding hydrogens is 240 g/mol. The largest absolute Gasteiger partial charge is 0.480 e. The lowest BCUT2D eigenvalue weighted by Gasteiger charge is -2.37. The minimum atomic E-state index is -1.15. The van der Waals surface area contributed by atoms with Crippen molar-refractivity contribution in [3.05, 3.63) is 0 Å². The highest BCUT2D eigenvalue weighted by Crippen LogP contribution is 2.11. The number of aliphatic hydroxyl groups is 1. The van der Waals surface area contributed by atoms with Crippen LogP contribution in [0.2, 0.25) is 0 Å². The molecule has 7 heteroatoms. The average Bonchev–Trinajstić information content (AvgIpc) is 2.31. The predicted molar refractivity (Wildman–Crippen MR) is 63.2 cm³/mol. The molecule has 3 unspecified atom stereocenters. The highest BCUT2D eigenvalue weighted by Gasteiger charge is 2.30. The number of carbonyl (C=O) groups is 2. The van der Waals surface area contributed by atoms with Crippen molar-refractivity contribution >= 4 is 12.0 Å². The van der Waals surface area contributed by atoms with Gasteiger partial charge in [-0.1, -0.05) is 0 Å². The molecule has 104 valence electrons. The lowest BCUT2D eigenvalue weighted by molar-refractivity contribution is -0.139.